The summed E-state index contributed by atoms with van der Waals surface area (Å²) in [4.78, 5) is 6.98. The third kappa shape index (κ3) is 3.21. The van der Waals surface area contributed by atoms with E-state index in [0.29, 0.717) is 6.04 Å². The lowest BCUT2D eigenvalue weighted by molar-refractivity contribution is 0.562. The van der Waals surface area contributed by atoms with Gasteiger partial charge in [-0.1, -0.05) is 12.1 Å². The van der Waals surface area contributed by atoms with Crippen LogP contribution in [0.15, 0.2) is 48.7 Å². The molecule has 0 radical (unpaired) electrons. The summed E-state index contributed by atoms with van der Waals surface area (Å²) < 4.78 is 2.52. The quantitative estimate of drug-likeness (QED) is 0.559. The number of benzene rings is 1. The normalized spacial score (nSPS) is 21.2. The van der Waals surface area contributed by atoms with Crippen LogP contribution in [0.1, 0.15) is 64.7 Å². The molecule has 3 heterocycles. The summed E-state index contributed by atoms with van der Waals surface area (Å²) in [5.74, 6) is 0. The molecule has 1 aromatic carbocycles. The Bertz CT molecular complexity index is 1090. The number of pyridine rings is 1. The number of hydrogen-bond donors (Lipinski definition) is 1. The second-order valence-corrected chi connectivity index (χ2v) is 9.16. The average Bonchev–Trinajstić information content (AvgIpc) is 3.41. The van der Waals surface area contributed by atoms with Crippen molar-refractivity contribution in [2.24, 2.45) is 0 Å². The Balaban J connectivity index is 1.68. The highest BCUT2D eigenvalue weighted by molar-refractivity contribution is 7.80. The van der Waals surface area contributed by atoms with Crippen LogP contribution in [0.4, 0.5) is 5.69 Å². The van der Waals surface area contributed by atoms with E-state index in [0.717, 1.165) is 16.5 Å². The molecule has 1 saturated heterocycles. The first-order valence-corrected chi connectivity index (χ1v) is 11.1. The van der Waals surface area contributed by atoms with Crippen LogP contribution in [0.25, 0.3) is 0 Å². The lowest BCUT2D eigenvalue weighted by Gasteiger charge is -2.29. The van der Waals surface area contributed by atoms with Crippen LogP contribution in [-0.4, -0.2) is 14.7 Å². The molecule has 1 saturated carbocycles. The van der Waals surface area contributed by atoms with Gasteiger partial charge in [0.15, 0.2) is 5.11 Å². The molecular weight excluding hydrogens is 388 g/mol. The number of thiocarbonyl (C=S) groups is 1. The third-order valence-electron chi connectivity index (χ3n) is 6.34. The maximum absolute atomic E-state index is 5.89. The second-order valence-electron chi connectivity index (χ2n) is 8.77. The fourth-order valence-electron chi connectivity index (χ4n) is 5.04. The summed E-state index contributed by atoms with van der Waals surface area (Å²) >= 11 is 5.89. The molecule has 30 heavy (non-hydrogen) atoms. The summed E-state index contributed by atoms with van der Waals surface area (Å²) in [5.41, 5.74) is 8.68. The van der Waals surface area contributed by atoms with Crippen LogP contribution in [0, 0.1) is 27.7 Å². The van der Waals surface area contributed by atoms with Crippen molar-refractivity contribution in [1.29, 1.82) is 0 Å². The zero-order valence-corrected chi connectivity index (χ0v) is 18.8. The van der Waals surface area contributed by atoms with Crippen molar-refractivity contribution in [3.63, 3.8) is 0 Å². The van der Waals surface area contributed by atoms with Crippen molar-refractivity contribution in [2.75, 3.05) is 4.90 Å². The van der Waals surface area contributed by atoms with E-state index in [1.807, 2.05) is 12.3 Å². The summed E-state index contributed by atoms with van der Waals surface area (Å²) in [6.07, 6.45) is 4.42. The first-order chi connectivity index (χ1) is 14.4. The minimum absolute atomic E-state index is 0.00710. The Morgan fingerprint density at radius 2 is 1.73 bits per heavy atom. The predicted molar refractivity (Wildman–Crippen MR) is 126 cm³/mol. The highest BCUT2D eigenvalue weighted by Gasteiger charge is 2.43. The average molecular weight is 417 g/mol. The number of aromatic nitrogens is 2. The zero-order valence-electron chi connectivity index (χ0n) is 18.0. The molecular formula is C25H28N4S. The van der Waals surface area contributed by atoms with Crippen LogP contribution in [0.2, 0.25) is 0 Å². The Labute approximate surface area is 183 Å². The van der Waals surface area contributed by atoms with Gasteiger partial charge in [0.25, 0.3) is 0 Å². The van der Waals surface area contributed by atoms with E-state index in [2.05, 4.69) is 83.9 Å². The van der Waals surface area contributed by atoms with Crippen molar-refractivity contribution < 1.29 is 0 Å². The van der Waals surface area contributed by atoms with Gasteiger partial charge in [0, 0.05) is 29.3 Å². The molecule has 2 unspecified atom stereocenters. The Hall–Kier alpha value is -2.66. The first-order valence-electron chi connectivity index (χ1n) is 10.7. The van der Waals surface area contributed by atoms with E-state index in [4.69, 9.17) is 12.2 Å². The highest BCUT2D eigenvalue weighted by atomic mass is 32.1. The summed E-state index contributed by atoms with van der Waals surface area (Å²) in [6.45, 7) is 8.78. The van der Waals surface area contributed by atoms with Gasteiger partial charge < -0.3 is 14.8 Å². The number of aryl methyl sites for hydroxylation is 3. The molecule has 1 aliphatic heterocycles. The molecule has 1 N–H and O–H groups in total. The second kappa shape index (κ2) is 7.24. The molecule has 2 fully saturated rings. The molecule has 0 spiro atoms. The molecule has 3 aromatic rings. The van der Waals surface area contributed by atoms with Gasteiger partial charge in [-0.3, -0.25) is 4.98 Å². The van der Waals surface area contributed by atoms with Crippen molar-refractivity contribution in [3.8, 4) is 0 Å². The number of hydrogen-bond acceptors (Lipinski definition) is 2. The van der Waals surface area contributed by atoms with Gasteiger partial charge >= 0.3 is 0 Å². The van der Waals surface area contributed by atoms with Crippen LogP contribution >= 0.6 is 12.2 Å². The van der Waals surface area contributed by atoms with Gasteiger partial charge in [0.1, 0.15) is 0 Å². The Kier molecular flexibility index (Phi) is 4.66. The molecule has 4 nitrogen and oxygen atoms in total. The number of nitrogens with one attached hydrogen (secondary N) is 1. The lowest BCUT2D eigenvalue weighted by Crippen LogP contribution is -2.29. The molecule has 2 atom stereocenters. The third-order valence-corrected chi connectivity index (χ3v) is 6.65. The van der Waals surface area contributed by atoms with Gasteiger partial charge in [-0.2, -0.15) is 0 Å². The monoisotopic (exact) mass is 416 g/mol. The fourth-order valence-corrected chi connectivity index (χ4v) is 5.38. The first kappa shape index (κ1) is 19.3. The highest BCUT2D eigenvalue weighted by Crippen LogP contribution is 2.46. The van der Waals surface area contributed by atoms with Gasteiger partial charge in [-0.25, -0.2) is 0 Å². The van der Waals surface area contributed by atoms with Gasteiger partial charge in [0.05, 0.1) is 17.8 Å². The van der Waals surface area contributed by atoms with Crippen LogP contribution in [0.3, 0.4) is 0 Å². The number of anilines is 1. The summed E-state index contributed by atoms with van der Waals surface area (Å²) in [7, 11) is 0. The SMILES string of the molecule is Cc1cc(C)cc(N2C(=S)NC(c3ccccn3)C2c2cc(C)n(C3CC3)c2C)c1. The van der Waals surface area contributed by atoms with Gasteiger partial charge in [0.2, 0.25) is 0 Å². The lowest BCUT2D eigenvalue weighted by atomic mass is 9.96. The van der Waals surface area contributed by atoms with E-state index in [1.54, 1.807) is 0 Å². The van der Waals surface area contributed by atoms with E-state index in [1.165, 1.54) is 40.9 Å². The minimum atomic E-state index is 0.00710. The molecule has 2 aliphatic rings. The van der Waals surface area contributed by atoms with Gasteiger partial charge in [-0.05, 0) is 99.8 Å². The molecule has 0 amide bonds. The maximum atomic E-state index is 5.89. The van der Waals surface area contributed by atoms with Crippen LogP contribution in [-0.2, 0) is 0 Å². The molecule has 0 bridgehead atoms. The van der Waals surface area contributed by atoms with Crippen molar-refractivity contribution in [2.45, 2.75) is 58.7 Å². The van der Waals surface area contributed by atoms with Crippen molar-refractivity contribution in [1.82, 2.24) is 14.9 Å². The topological polar surface area (TPSA) is 33.1 Å². The van der Waals surface area contributed by atoms with Crippen LogP contribution < -0.4 is 10.2 Å². The van der Waals surface area contributed by atoms with Crippen molar-refractivity contribution >= 4 is 23.0 Å². The number of rotatable bonds is 4. The van der Waals surface area contributed by atoms with Crippen molar-refractivity contribution in [3.05, 3.63) is 82.4 Å². The van der Waals surface area contributed by atoms with Gasteiger partial charge in [-0.15, -0.1) is 0 Å². The number of nitrogens with zero attached hydrogens (tertiary/aromatic N) is 3. The fraction of sp³-hybridized carbons (Fsp3) is 0.360. The van der Waals surface area contributed by atoms with Crippen LogP contribution in [0.5, 0.6) is 0 Å². The molecule has 1 aliphatic carbocycles. The summed E-state index contributed by atoms with van der Waals surface area (Å²) in [6, 6.07) is 15.9. The maximum Gasteiger partial charge on any atom is 0.174 e. The summed E-state index contributed by atoms with van der Waals surface area (Å²) in [5, 5.41) is 4.35. The van der Waals surface area contributed by atoms with E-state index < -0.39 is 0 Å². The standard InChI is InChI=1S/C25H28N4S/c1-15-11-16(2)13-20(12-15)29-24(21-14-17(3)28(18(21)4)19-8-9-19)23(27-25(29)30)22-7-5-6-10-26-22/h5-7,10-14,19,23-24H,8-9H2,1-4H3,(H,27,30). The molecule has 2 aromatic heterocycles. The minimum Gasteiger partial charge on any atom is -0.351 e. The van der Waals surface area contributed by atoms with E-state index in [9.17, 15) is 0 Å². The molecule has 154 valence electrons. The zero-order chi connectivity index (χ0) is 21.0. The smallest absolute Gasteiger partial charge is 0.174 e. The largest absolute Gasteiger partial charge is 0.351 e. The Morgan fingerprint density at radius 3 is 2.37 bits per heavy atom. The molecule has 5 heteroatoms. The van der Waals surface area contributed by atoms with E-state index >= 15 is 0 Å². The van der Waals surface area contributed by atoms with E-state index in [-0.39, 0.29) is 12.1 Å². The predicted octanol–water partition coefficient (Wildman–Crippen LogP) is 5.63. The Morgan fingerprint density at radius 1 is 1.00 bits per heavy atom. The molecule has 5 rings (SSSR count).